The van der Waals surface area contributed by atoms with E-state index in [2.05, 4.69) is 14.8 Å². The van der Waals surface area contributed by atoms with E-state index >= 15 is 0 Å². The standard InChI is InChI=1S/C21H24F3N5O3/c1-20(15-28-13-18(29(30)31)25-19(28)32-20)14-27-11-9-26(10-12-27)8-2-3-16-4-6-17(7-5-16)21(22,23)24/h2-7,13H,8-12,14-15H2,1H3/t20-/m0/s1. The number of benzene rings is 1. The molecule has 4 rings (SSSR count). The van der Waals surface area contributed by atoms with Gasteiger partial charge in [-0.1, -0.05) is 24.3 Å². The number of piperazine rings is 1. The quantitative estimate of drug-likeness (QED) is 0.496. The van der Waals surface area contributed by atoms with Crippen LogP contribution in [0.5, 0.6) is 6.01 Å². The summed E-state index contributed by atoms with van der Waals surface area (Å²) in [5.41, 5.74) is -0.393. The molecule has 1 aromatic carbocycles. The van der Waals surface area contributed by atoms with Crippen molar-refractivity contribution in [3.8, 4) is 6.01 Å². The zero-order chi connectivity index (χ0) is 22.9. The Morgan fingerprint density at radius 3 is 2.44 bits per heavy atom. The second-order valence-corrected chi connectivity index (χ2v) is 8.42. The number of nitrogens with zero attached hydrogens (tertiary/aromatic N) is 5. The van der Waals surface area contributed by atoms with Gasteiger partial charge in [0, 0.05) is 44.3 Å². The van der Waals surface area contributed by atoms with Gasteiger partial charge in [0.25, 0.3) is 0 Å². The van der Waals surface area contributed by atoms with Crippen molar-refractivity contribution in [2.45, 2.75) is 25.2 Å². The Morgan fingerprint density at radius 1 is 1.19 bits per heavy atom. The van der Waals surface area contributed by atoms with Gasteiger partial charge in [0.15, 0.2) is 0 Å². The van der Waals surface area contributed by atoms with E-state index in [1.165, 1.54) is 18.3 Å². The third kappa shape index (κ3) is 5.10. The average Bonchev–Trinajstić information content (AvgIpc) is 3.24. The average molecular weight is 451 g/mol. The van der Waals surface area contributed by atoms with Crippen LogP contribution < -0.4 is 4.74 Å². The van der Waals surface area contributed by atoms with Crippen molar-refractivity contribution in [2.75, 3.05) is 39.3 Å². The monoisotopic (exact) mass is 451 g/mol. The Morgan fingerprint density at radius 2 is 1.84 bits per heavy atom. The number of ether oxygens (including phenoxy) is 1. The molecule has 0 amide bonds. The third-order valence-corrected chi connectivity index (χ3v) is 5.69. The van der Waals surface area contributed by atoms with Crippen LogP contribution in [0.1, 0.15) is 18.1 Å². The van der Waals surface area contributed by atoms with Crippen LogP contribution in [-0.4, -0.2) is 69.1 Å². The number of rotatable bonds is 6. The molecular formula is C21H24F3N5O3. The number of alkyl halides is 3. The van der Waals surface area contributed by atoms with Crippen molar-refractivity contribution in [3.63, 3.8) is 0 Å². The fourth-order valence-corrected chi connectivity index (χ4v) is 4.09. The molecule has 0 unspecified atom stereocenters. The fourth-order valence-electron chi connectivity index (χ4n) is 4.09. The van der Waals surface area contributed by atoms with Crippen molar-refractivity contribution in [3.05, 3.63) is 57.8 Å². The number of imidazole rings is 1. The second kappa shape index (κ2) is 8.55. The Bertz CT molecular complexity index is 972. The second-order valence-electron chi connectivity index (χ2n) is 8.42. The molecule has 1 fully saturated rings. The fraction of sp³-hybridized carbons (Fsp3) is 0.476. The van der Waals surface area contributed by atoms with Gasteiger partial charge < -0.3 is 14.9 Å². The van der Waals surface area contributed by atoms with Crippen molar-refractivity contribution in [1.82, 2.24) is 19.4 Å². The van der Waals surface area contributed by atoms with Gasteiger partial charge in [-0.25, -0.2) is 0 Å². The first kappa shape index (κ1) is 22.3. The van der Waals surface area contributed by atoms with E-state index in [-0.39, 0.29) is 11.8 Å². The van der Waals surface area contributed by atoms with Crippen molar-refractivity contribution >= 4 is 11.9 Å². The molecule has 1 aromatic heterocycles. The van der Waals surface area contributed by atoms with Crippen LogP contribution >= 0.6 is 0 Å². The maximum Gasteiger partial charge on any atom is 0.416 e. The topological polar surface area (TPSA) is 76.7 Å². The minimum absolute atomic E-state index is 0.208. The molecule has 0 saturated carbocycles. The Balaban J connectivity index is 1.22. The van der Waals surface area contributed by atoms with Gasteiger partial charge in [-0.2, -0.15) is 13.2 Å². The van der Waals surface area contributed by atoms with E-state index in [9.17, 15) is 23.3 Å². The molecule has 0 bridgehead atoms. The molecule has 2 aliphatic heterocycles. The lowest BCUT2D eigenvalue weighted by atomic mass is 10.1. The summed E-state index contributed by atoms with van der Waals surface area (Å²) in [7, 11) is 0. The first-order valence-electron chi connectivity index (χ1n) is 10.3. The van der Waals surface area contributed by atoms with Crippen LogP contribution in [0, 0.1) is 10.1 Å². The van der Waals surface area contributed by atoms with Crippen LogP contribution in [0.25, 0.3) is 6.08 Å². The molecule has 32 heavy (non-hydrogen) atoms. The molecule has 0 spiro atoms. The van der Waals surface area contributed by atoms with Crippen molar-refractivity contribution < 1.29 is 22.8 Å². The molecule has 11 heteroatoms. The summed E-state index contributed by atoms with van der Waals surface area (Å²) >= 11 is 0. The van der Waals surface area contributed by atoms with Crippen molar-refractivity contribution in [1.29, 1.82) is 0 Å². The van der Waals surface area contributed by atoms with Gasteiger partial charge >= 0.3 is 18.0 Å². The van der Waals surface area contributed by atoms with Gasteiger partial charge in [0.1, 0.15) is 11.8 Å². The number of hydrogen-bond donors (Lipinski definition) is 0. The summed E-state index contributed by atoms with van der Waals surface area (Å²) in [6, 6.07) is 5.41. The maximum atomic E-state index is 12.6. The predicted molar refractivity (Wildman–Crippen MR) is 111 cm³/mol. The number of fused-ring (bicyclic) bond motifs is 1. The number of halogens is 3. The number of aromatic nitrogens is 2. The van der Waals surface area contributed by atoms with E-state index in [1.54, 1.807) is 4.57 Å². The zero-order valence-corrected chi connectivity index (χ0v) is 17.6. The first-order valence-corrected chi connectivity index (χ1v) is 10.3. The summed E-state index contributed by atoms with van der Waals surface area (Å²) in [5, 5.41) is 10.8. The molecule has 1 saturated heterocycles. The highest BCUT2D eigenvalue weighted by Gasteiger charge is 2.41. The largest absolute Gasteiger partial charge is 0.436 e. The third-order valence-electron chi connectivity index (χ3n) is 5.69. The molecule has 8 nitrogen and oxygen atoms in total. The van der Waals surface area contributed by atoms with E-state index < -0.39 is 22.3 Å². The van der Waals surface area contributed by atoms with E-state index in [0.29, 0.717) is 13.1 Å². The molecule has 2 aliphatic rings. The summed E-state index contributed by atoms with van der Waals surface area (Å²) in [6.45, 7) is 7.35. The molecule has 2 aromatic rings. The number of hydrogen-bond acceptors (Lipinski definition) is 6. The predicted octanol–water partition coefficient (Wildman–Crippen LogP) is 3.29. The highest BCUT2D eigenvalue weighted by molar-refractivity contribution is 5.50. The first-order chi connectivity index (χ1) is 15.1. The molecule has 3 heterocycles. The summed E-state index contributed by atoms with van der Waals surface area (Å²) in [4.78, 5) is 18.8. The van der Waals surface area contributed by atoms with Crippen LogP contribution in [0.15, 0.2) is 36.5 Å². The molecule has 0 radical (unpaired) electrons. The Kier molecular flexibility index (Phi) is 5.95. The maximum absolute atomic E-state index is 12.6. The minimum atomic E-state index is -4.32. The molecular weight excluding hydrogens is 427 g/mol. The van der Waals surface area contributed by atoms with E-state index in [4.69, 9.17) is 4.74 Å². The summed E-state index contributed by atoms with van der Waals surface area (Å²) in [5.74, 6) is -0.208. The lowest BCUT2D eigenvalue weighted by Gasteiger charge is -2.37. The smallest absolute Gasteiger partial charge is 0.416 e. The van der Waals surface area contributed by atoms with Crippen LogP contribution in [0.3, 0.4) is 0 Å². The minimum Gasteiger partial charge on any atom is -0.436 e. The lowest BCUT2D eigenvalue weighted by molar-refractivity contribution is -0.389. The molecule has 0 aliphatic carbocycles. The SMILES string of the molecule is C[C@]1(CN2CCN(CC=Cc3ccc(C(F)(F)F)cc3)CC2)Cn2cc([N+](=O)[O-])nc2O1. The highest BCUT2D eigenvalue weighted by atomic mass is 19.4. The Labute approximate surface area is 183 Å². The van der Waals surface area contributed by atoms with Crippen LogP contribution in [0.4, 0.5) is 19.0 Å². The molecule has 172 valence electrons. The number of nitro groups is 1. The van der Waals surface area contributed by atoms with Gasteiger partial charge in [-0.3, -0.25) is 14.4 Å². The summed E-state index contributed by atoms with van der Waals surface area (Å²) in [6.07, 6.45) is 0.883. The van der Waals surface area contributed by atoms with Crippen LogP contribution in [0.2, 0.25) is 0 Å². The van der Waals surface area contributed by atoms with E-state index in [1.807, 2.05) is 19.1 Å². The highest BCUT2D eigenvalue weighted by Crippen LogP contribution is 2.32. The van der Waals surface area contributed by atoms with Gasteiger partial charge in [0.05, 0.1) is 12.1 Å². The van der Waals surface area contributed by atoms with Gasteiger partial charge in [-0.05, 0) is 29.5 Å². The molecule has 0 N–H and O–H groups in total. The van der Waals surface area contributed by atoms with Gasteiger partial charge in [0.2, 0.25) is 0 Å². The van der Waals surface area contributed by atoms with E-state index in [0.717, 1.165) is 50.4 Å². The van der Waals surface area contributed by atoms with Crippen LogP contribution in [-0.2, 0) is 12.7 Å². The summed E-state index contributed by atoms with van der Waals surface area (Å²) < 4.78 is 45.5. The zero-order valence-electron chi connectivity index (χ0n) is 17.6. The lowest BCUT2D eigenvalue weighted by Crippen LogP contribution is -2.52. The Hall–Kier alpha value is -2.92. The normalized spacial score (nSPS) is 22.2. The molecule has 1 atom stereocenters. The van der Waals surface area contributed by atoms with Gasteiger partial charge in [-0.15, -0.1) is 0 Å². The van der Waals surface area contributed by atoms with Crippen molar-refractivity contribution in [2.24, 2.45) is 0 Å².